The van der Waals surface area contributed by atoms with Crippen LogP contribution < -0.4 is 5.56 Å². The summed E-state index contributed by atoms with van der Waals surface area (Å²) in [4.78, 5) is 29.8. The molecule has 0 radical (unpaired) electrons. The number of carbonyl (C=O) groups is 1. The smallest absolute Gasteiger partial charge is 0.340 e. The molecule has 0 saturated carbocycles. The number of cyclic esters (lactones) is 1. The van der Waals surface area contributed by atoms with Crippen molar-refractivity contribution in [1.29, 1.82) is 0 Å². The Hall–Kier alpha value is -3.55. The number of esters is 1. The number of hydrogen-bond acceptors (Lipinski definition) is 6. The second kappa shape index (κ2) is 6.23. The Labute approximate surface area is 176 Å². The number of benzene rings is 2. The average molecular weight is 414 g/mol. The second-order valence-corrected chi connectivity index (χ2v) is 8.10. The van der Waals surface area contributed by atoms with Crippen LogP contribution in [-0.2, 0) is 29.3 Å². The molecule has 31 heavy (non-hydrogen) atoms. The summed E-state index contributed by atoms with van der Waals surface area (Å²) in [6, 6.07) is 11.5. The zero-order chi connectivity index (χ0) is 21.4. The molecule has 0 amide bonds. The van der Waals surface area contributed by atoms with Crippen molar-refractivity contribution in [3.05, 3.63) is 74.6 Å². The van der Waals surface area contributed by atoms with Gasteiger partial charge in [-0.2, -0.15) is 0 Å². The van der Waals surface area contributed by atoms with Gasteiger partial charge in [-0.15, -0.1) is 0 Å². The number of pyridine rings is 2. The van der Waals surface area contributed by atoms with Crippen LogP contribution in [0.4, 0.5) is 0 Å². The van der Waals surface area contributed by atoms with Gasteiger partial charge in [-0.25, -0.2) is 9.78 Å². The fourth-order valence-corrected chi connectivity index (χ4v) is 4.82. The molecule has 0 bridgehead atoms. The molecule has 2 N–H and O–H groups in total. The Balaban J connectivity index is 1.66. The van der Waals surface area contributed by atoms with Gasteiger partial charge in [-0.1, -0.05) is 18.2 Å². The Bertz CT molecular complexity index is 1520. The first kappa shape index (κ1) is 18.2. The molecule has 7 heteroatoms. The van der Waals surface area contributed by atoms with Crippen molar-refractivity contribution in [2.75, 3.05) is 0 Å². The van der Waals surface area contributed by atoms with Crippen molar-refractivity contribution in [1.82, 2.24) is 9.55 Å². The van der Waals surface area contributed by atoms with Crippen LogP contribution >= 0.6 is 0 Å². The van der Waals surface area contributed by atoms with E-state index < -0.39 is 12.1 Å². The van der Waals surface area contributed by atoms with E-state index in [0.717, 1.165) is 38.4 Å². The van der Waals surface area contributed by atoms with Crippen LogP contribution in [0.2, 0.25) is 0 Å². The normalized spacial score (nSPS) is 16.9. The number of hydrogen-bond donors (Lipinski definition) is 2. The van der Waals surface area contributed by atoms with Crippen molar-refractivity contribution >= 4 is 27.6 Å². The number of nitrogens with zero attached hydrogens (tertiary/aromatic N) is 2. The highest BCUT2D eigenvalue weighted by Crippen LogP contribution is 2.39. The fourth-order valence-electron chi connectivity index (χ4n) is 4.82. The van der Waals surface area contributed by atoms with Crippen molar-refractivity contribution in [3.63, 3.8) is 0 Å². The van der Waals surface area contributed by atoms with E-state index in [2.05, 4.69) is 0 Å². The van der Waals surface area contributed by atoms with E-state index >= 15 is 0 Å². The maximum absolute atomic E-state index is 13.1. The van der Waals surface area contributed by atoms with Crippen molar-refractivity contribution < 1.29 is 19.7 Å². The molecule has 4 aromatic rings. The number of aliphatic hydroxyl groups is 2. The number of aromatic nitrogens is 2. The summed E-state index contributed by atoms with van der Waals surface area (Å²) in [6.45, 7) is 2.21. The van der Waals surface area contributed by atoms with Gasteiger partial charge in [-0.3, -0.25) is 4.79 Å². The zero-order valence-electron chi connectivity index (χ0n) is 16.7. The van der Waals surface area contributed by atoms with Gasteiger partial charge in [0.15, 0.2) is 6.10 Å². The first-order chi connectivity index (χ1) is 15.0. The van der Waals surface area contributed by atoms with Crippen LogP contribution in [-0.4, -0.2) is 25.7 Å². The highest BCUT2D eigenvalue weighted by molar-refractivity contribution is 6.09. The molecule has 2 aromatic heterocycles. The summed E-state index contributed by atoms with van der Waals surface area (Å²) < 4.78 is 6.59. The fraction of sp³-hybridized carbons (Fsp3) is 0.208. The van der Waals surface area contributed by atoms with Crippen LogP contribution in [0.15, 0.2) is 41.2 Å². The van der Waals surface area contributed by atoms with Gasteiger partial charge in [0.2, 0.25) is 0 Å². The summed E-state index contributed by atoms with van der Waals surface area (Å²) in [5, 5.41) is 22.9. The third kappa shape index (κ3) is 2.38. The molecule has 0 saturated heterocycles. The van der Waals surface area contributed by atoms with Crippen LogP contribution in [0, 0.1) is 6.92 Å². The van der Waals surface area contributed by atoms with Crippen molar-refractivity contribution in [2.24, 2.45) is 0 Å². The molecule has 2 aliphatic heterocycles. The molecule has 2 aliphatic rings. The number of carbonyl (C=O) groups excluding carboxylic acids is 1. The third-order valence-corrected chi connectivity index (χ3v) is 6.46. The Morgan fingerprint density at radius 2 is 1.97 bits per heavy atom. The standard InChI is InChI=1S/C24H18N2O5/c1-11-16-8-26-19(7-15-17(23(26)29)10-31-24(30)22(15)28)21(16)25-18-5-4-13-3-2-12(9-27)6-14(13)20(11)18/h2-7,22,27-28H,8-10H2,1H3. The summed E-state index contributed by atoms with van der Waals surface area (Å²) in [7, 11) is 0. The van der Waals surface area contributed by atoms with E-state index in [1.54, 1.807) is 10.6 Å². The molecule has 1 unspecified atom stereocenters. The third-order valence-electron chi connectivity index (χ3n) is 6.46. The van der Waals surface area contributed by atoms with Crippen LogP contribution in [0.3, 0.4) is 0 Å². The molecule has 4 heterocycles. The predicted molar refractivity (Wildman–Crippen MR) is 113 cm³/mol. The van der Waals surface area contributed by atoms with Crippen molar-refractivity contribution in [3.8, 4) is 11.4 Å². The number of ether oxygens (including phenoxy) is 1. The van der Waals surface area contributed by atoms with Gasteiger partial charge in [-0.05, 0) is 47.0 Å². The van der Waals surface area contributed by atoms with Crippen LogP contribution in [0.1, 0.15) is 33.9 Å². The number of aliphatic hydroxyl groups excluding tert-OH is 2. The molecule has 1 atom stereocenters. The van der Waals surface area contributed by atoms with E-state index in [1.165, 1.54) is 0 Å². The van der Waals surface area contributed by atoms with Crippen LogP contribution in [0.5, 0.6) is 0 Å². The lowest BCUT2D eigenvalue weighted by atomic mass is 9.95. The molecule has 7 nitrogen and oxygen atoms in total. The first-order valence-electron chi connectivity index (χ1n) is 10.1. The lowest BCUT2D eigenvalue weighted by Gasteiger charge is -2.21. The zero-order valence-corrected chi connectivity index (χ0v) is 16.7. The Kier molecular flexibility index (Phi) is 3.66. The SMILES string of the molecule is Cc1c2c(nc3ccc4ccc(CO)cc4c13)-c1cc3c(c(=O)n1C2)COC(=O)C3O. The molecular weight excluding hydrogens is 396 g/mol. The minimum Gasteiger partial charge on any atom is -0.458 e. The van der Waals surface area contributed by atoms with Gasteiger partial charge in [0, 0.05) is 16.5 Å². The molecule has 2 aromatic carbocycles. The van der Waals surface area contributed by atoms with Gasteiger partial charge >= 0.3 is 5.97 Å². The van der Waals surface area contributed by atoms with E-state index in [9.17, 15) is 19.8 Å². The van der Waals surface area contributed by atoms with Gasteiger partial charge in [0.25, 0.3) is 5.56 Å². The maximum Gasteiger partial charge on any atom is 0.340 e. The molecule has 0 aliphatic carbocycles. The van der Waals surface area contributed by atoms with Crippen molar-refractivity contribution in [2.45, 2.75) is 32.8 Å². The predicted octanol–water partition coefficient (Wildman–Crippen LogP) is 2.47. The molecule has 6 rings (SSSR count). The quantitative estimate of drug-likeness (QED) is 0.323. The summed E-state index contributed by atoms with van der Waals surface area (Å²) in [5.74, 6) is -0.746. The number of rotatable bonds is 1. The molecule has 154 valence electrons. The largest absolute Gasteiger partial charge is 0.458 e. The van der Waals surface area contributed by atoms with E-state index in [1.807, 2.05) is 37.3 Å². The van der Waals surface area contributed by atoms with E-state index in [4.69, 9.17) is 9.72 Å². The maximum atomic E-state index is 13.1. The highest BCUT2D eigenvalue weighted by atomic mass is 16.5. The lowest BCUT2D eigenvalue weighted by Crippen LogP contribution is -2.32. The second-order valence-electron chi connectivity index (χ2n) is 8.10. The van der Waals surface area contributed by atoms with E-state index in [-0.39, 0.29) is 18.8 Å². The van der Waals surface area contributed by atoms with Gasteiger partial charge < -0.3 is 19.5 Å². The number of aryl methyl sites for hydroxylation is 1. The summed E-state index contributed by atoms with van der Waals surface area (Å²) in [5.41, 5.74) is 5.20. The molecular formula is C24H18N2O5. The minimum absolute atomic E-state index is 0.0424. The minimum atomic E-state index is -1.46. The number of fused-ring (bicyclic) bond motifs is 7. The summed E-state index contributed by atoms with van der Waals surface area (Å²) in [6.07, 6.45) is -1.46. The summed E-state index contributed by atoms with van der Waals surface area (Å²) >= 11 is 0. The first-order valence-corrected chi connectivity index (χ1v) is 10.1. The monoisotopic (exact) mass is 414 g/mol. The van der Waals surface area contributed by atoms with Gasteiger partial charge in [0.05, 0.1) is 35.6 Å². The van der Waals surface area contributed by atoms with E-state index in [0.29, 0.717) is 29.1 Å². The van der Waals surface area contributed by atoms with Crippen LogP contribution in [0.25, 0.3) is 33.1 Å². The highest BCUT2D eigenvalue weighted by Gasteiger charge is 2.34. The lowest BCUT2D eigenvalue weighted by molar-refractivity contribution is -0.157. The topological polar surface area (TPSA) is 102 Å². The average Bonchev–Trinajstić information content (AvgIpc) is 3.15. The Morgan fingerprint density at radius 1 is 1.16 bits per heavy atom. The molecule has 0 spiro atoms. The van der Waals surface area contributed by atoms with Gasteiger partial charge in [0.1, 0.15) is 6.61 Å². The molecule has 0 fully saturated rings. The Morgan fingerprint density at radius 3 is 2.77 bits per heavy atom.